The summed E-state index contributed by atoms with van der Waals surface area (Å²) in [6.45, 7) is 14.5. The van der Waals surface area contributed by atoms with Gasteiger partial charge in [-0.1, -0.05) is 45.3 Å². The second-order valence-corrected chi connectivity index (χ2v) is 3.74. The fourth-order valence-corrected chi connectivity index (χ4v) is 1.28. The van der Waals surface area contributed by atoms with Crippen LogP contribution in [0.15, 0.2) is 11.6 Å². The SMILES string of the molecule is [CH2]CCC(C)C(C)C=C(C)C[CH2]. The molecule has 0 bridgehead atoms. The molecule has 2 radical (unpaired) electrons. The first kappa shape index (κ1) is 11.7. The molecule has 0 heterocycles. The average Bonchev–Trinajstić information content (AvgIpc) is 2.04. The maximum absolute atomic E-state index is 3.87. The Morgan fingerprint density at radius 2 is 1.92 bits per heavy atom. The van der Waals surface area contributed by atoms with Crippen LogP contribution in [0.4, 0.5) is 0 Å². The highest BCUT2D eigenvalue weighted by atomic mass is 14.1. The molecule has 12 heavy (non-hydrogen) atoms. The van der Waals surface area contributed by atoms with E-state index in [2.05, 4.69) is 40.7 Å². The summed E-state index contributed by atoms with van der Waals surface area (Å²) in [4.78, 5) is 0. The molecule has 0 saturated heterocycles. The van der Waals surface area contributed by atoms with Gasteiger partial charge in [-0.15, -0.1) is 0 Å². The van der Waals surface area contributed by atoms with E-state index in [1.54, 1.807) is 0 Å². The zero-order valence-corrected chi connectivity index (χ0v) is 8.77. The van der Waals surface area contributed by atoms with Gasteiger partial charge in [0.05, 0.1) is 0 Å². The van der Waals surface area contributed by atoms with Crippen LogP contribution in [0.25, 0.3) is 0 Å². The molecule has 2 atom stereocenters. The molecule has 0 aliphatic heterocycles. The first-order chi connectivity index (χ1) is 5.61. The van der Waals surface area contributed by atoms with Gasteiger partial charge < -0.3 is 0 Å². The minimum atomic E-state index is 0.675. The van der Waals surface area contributed by atoms with Gasteiger partial charge >= 0.3 is 0 Å². The van der Waals surface area contributed by atoms with Crippen molar-refractivity contribution in [2.45, 2.75) is 40.0 Å². The Balaban J connectivity index is 3.92. The maximum atomic E-state index is 3.87. The summed E-state index contributed by atoms with van der Waals surface area (Å²) < 4.78 is 0. The fourth-order valence-electron chi connectivity index (χ4n) is 1.28. The molecule has 0 amide bonds. The fraction of sp³-hybridized carbons (Fsp3) is 0.667. The second-order valence-electron chi connectivity index (χ2n) is 3.74. The highest BCUT2D eigenvalue weighted by molar-refractivity contribution is 5.01. The van der Waals surface area contributed by atoms with Crippen LogP contribution in [0, 0.1) is 25.7 Å². The van der Waals surface area contributed by atoms with Crippen molar-refractivity contribution in [3.05, 3.63) is 25.5 Å². The summed E-state index contributed by atoms with van der Waals surface area (Å²) in [5, 5.41) is 0. The first-order valence-corrected chi connectivity index (χ1v) is 4.87. The Kier molecular flexibility index (Phi) is 6.14. The van der Waals surface area contributed by atoms with Gasteiger partial charge in [-0.05, 0) is 32.1 Å². The molecule has 0 rings (SSSR count). The van der Waals surface area contributed by atoms with E-state index in [0.29, 0.717) is 5.92 Å². The quantitative estimate of drug-likeness (QED) is 0.541. The van der Waals surface area contributed by atoms with Crippen molar-refractivity contribution in [2.24, 2.45) is 11.8 Å². The van der Waals surface area contributed by atoms with E-state index in [9.17, 15) is 0 Å². The predicted molar refractivity (Wildman–Crippen MR) is 56.7 cm³/mol. The Labute approximate surface area is 78.1 Å². The summed E-state index contributed by atoms with van der Waals surface area (Å²) in [5.41, 5.74) is 1.40. The van der Waals surface area contributed by atoms with Crippen LogP contribution < -0.4 is 0 Å². The Morgan fingerprint density at radius 1 is 1.33 bits per heavy atom. The van der Waals surface area contributed by atoms with E-state index in [-0.39, 0.29) is 0 Å². The molecular weight excluding hydrogens is 144 g/mol. The highest BCUT2D eigenvalue weighted by Crippen LogP contribution is 2.19. The third-order valence-corrected chi connectivity index (χ3v) is 2.50. The van der Waals surface area contributed by atoms with Crippen molar-refractivity contribution in [3.8, 4) is 0 Å². The molecule has 0 aliphatic carbocycles. The highest BCUT2D eigenvalue weighted by Gasteiger charge is 2.07. The minimum Gasteiger partial charge on any atom is -0.0825 e. The molecule has 0 aromatic carbocycles. The molecule has 0 aromatic heterocycles. The average molecular weight is 166 g/mol. The topological polar surface area (TPSA) is 0 Å². The van der Waals surface area contributed by atoms with Gasteiger partial charge in [0.25, 0.3) is 0 Å². The zero-order chi connectivity index (χ0) is 9.56. The lowest BCUT2D eigenvalue weighted by molar-refractivity contribution is 0.429. The lowest BCUT2D eigenvalue weighted by atomic mass is 9.90. The maximum Gasteiger partial charge on any atom is -0.0234 e. The van der Waals surface area contributed by atoms with Crippen LogP contribution in [-0.4, -0.2) is 0 Å². The smallest absolute Gasteiger partial charge is 0.0234 e. The summed E-state index contributed by atoms with van der Waals surface area (Å²) in [7, 11) is 0. The van der Waals surface area contributed by atoms with Crippen LogP contribution in [0.5, 0.6) is 0 Å². The van der Waals surface area contributed by atoms with Gasteiger partial charge in [0, 0.05) is 0 Å². The summed E-state index contributed by atoms with van der Waals surface area (Å²) in [6, 6.07) is 0. The number of hydrogen-bond donors (Lipinski definition) is 0. The molecule has 0 spiro atoms. The lowest BCUT2D eigenvalue weighted by Crippen LogP contribution is -2.05. The Hall–Kier alpha value is -0.260. The van der Waals surface area contributed by atoms with E-state index in [1.165, 1.54) is 12.0 Å². The summed E-state index contributed by atoms with van der Waals surface area (Å²) in [6.07, 6.45) is 5.54. The van der Waals surface area contributed by atoms with E-state index in [0.717, 1.165) is 18.8 Å². The van der Waals surface area contributed by atoms with Crippen LogP contribution in [0.2, 0.25) is 0 Å². The zero-order valence-electron chi connectivity index (χ0n) is 8.77. The molecule has 70 valence electrons. The van der Waals surface area contributed by atoms with E-state index in [4.69, 9.17) is 0 Å². The number of hydrogen-bond acceptors (Lipinski definition) is 0. The van der Waals surface area contributed by atoms with Crippen molar-refractivity contribution in [2.75, 3.05) is 0 Å². The monoisotopic (exact) mass is 166 g/mol. The van der Waals surface area contributed by atoms with Crippen LogP contribution >= 0.6 is 0 Å². The van der Waals surface area contributed by atoms with Crippen molar-refractivity contribution >= 4 is 0 Å². The van der Waals surface area contributed by atoms with E-state index >= 15 is 0 Å². The van der Waals surface area contributed by atoms with Crippen LogP contribution in [-0.2, 0) is 0 Å². The normalized spacial score (nSPS) is 17.6. The molecular formula is C12H22. The molecule has 0 aromatic rings. The Bertz CT molecular complexity index is 133. The van der Waals surface area contributed by atoms with Crippen molar-refractivity contribution in [3.63, 3.8) is 0 Å². The standard InChI is InChI=1S/C12H22/c1-6-8-11(4)12(5)9-10(3)7-2/h9,11-12H,1-2,6-8H2,3-5H3. The van der Waals surface area contributed by atoms with Crippen molar-refractivity contribution in [1.82, 2.24) is 0 Å². The van der Waals surface area contributed by atoms with Gasteiger partial charge in [0.1, 0.15) is 0 Å². The number of rotatable bonds is 5. The number of allylic oxidation sites excluding steroid dienone is 2. The Morgan fingerprint density at radius 3 is 2.33 bits per heavy atom. The molecule has 2 unspecified atom stereocenters. The molecule has 0 heteroatoms. The van der Waals surface area contributed by atoms with Crippen LogP contribution in [0.3, 0.4) is 0 Å². The van der Waals surface area contributed by atoms with Crippen molar-refractivity contribution < 1.29 is 0 Å². The van der Waals surface area contributed by atoms with Gasteiger partial charge in [0.2, 0.25) is 0 Å². The predicted octanol–water partition coefficient (Wildman–Crippen LogP) is 4.04. The third-order valence-electron chi connectivity index (χ3n) is 2.50. The summed E-state index contributed by atoms with van der Waals surface area (Å²) >= 11 is 0. The van der Waals surface area contributed by atoms with Gasteiger partial charge in [-0.3, -0.25) is 0 Å². The molecule has 0 fully saturated rings. The van der Waals surface area contributed by atoms with Gasteiger partial charge in [0.15, 0.2) is 0 Å². The first-order valence-electron chi connectivity index (χ1n) is 4.87. The second kappa shape index (κ2) is 6.28. The molecule has 0 aliphatic rings. The third kappa shape index (κ3) is 4.58. The minimum absolute atomic E-state index is 0.675. The molecule has 0 nitrogen and oxygen atoms in total. The van der Waals surface area contributed by atoms with Crippen molar-refractivity contribution in [1.29, 1.82) is 0 Å². The van der Waals surface area contributed by atoms with E-state index in [1.807, 2.05) is 0 Å². The largest absolute Gasteiger partial charge is 0.0825 e. The lowest BCUT2D eigenvalue weighted by Gasteiger charge is -2.16. The molecule has 0 saturated carbocycles. The summed E-state index contributed by atoms with van der Waals surface area (Å²) in [5.74, 6) is 1.43. The molecule has 0 N–H and O–H groups in total. The van der Waals surface area contributed by atoms with Gasteiger partial charge in [-0.25, -0.2) is 0 Å². The van der Waals surface area contributed by atoms with Gasteiger partial charge in [-0.2, -0.15) is 0 Å². The van der Waals surface area contributed by atoms with E-state index < -0.39 is 0 Å². The van der Waals surface area contributed by atoms with Crippen LogP contribution in [0.1, 0.15) is 40.0 Å².